The molecule has 2 aromatic carbocycles. The fraction of sp³-hybridized carbons (Fsp3) is 0.379. The van der Waals surface area contributed by atoms with Gasteiger partial charge >= 0.3 is 0 Å². The summed E-state index contributed by atoms with van der Waals surface area (Å²) in [6, 6.07) is 9.87. The van der Waals surface area contributed by atoms with Gasteiger partial charge in [-0.05, 0) is 37.7 Å². The van der Waals surface area contributed by atoms with E-state index in [-0.39, 0.29) is 35.6 Å². The first-order chi connectivity index (χ1) is 17.6. The van der Waals surface area contributed by atoms with Crippen LogP contribution in [0.5, 0.6) is 5.75 Å². The van der Waals surface area contributed by atoms with Crippen molar-refractivity contribution < 1.29 is 23.4 Å². The number of hydrogen-bond acceptors (Lipinski definition) is 5. The highest BCUT2D eigenvalue weighted by Crippen LogP contribution is 2.41. The SMILES string of the molecule is C=C(O)C1=C(N=C(C)c2nn(Cc3c(F)cc(OCCOC)cc3F)c3ccccc23)CC(C)(C)CC1. The highest BCUT2D eigenvalue weighted by Gasteiger charge is 2.28. The highest BCUT2D eigenvalue weighted by atomic mass is 19.1. The van der Waals surface area contributed by atoms with Gasteiger partial charge in [0, 0.05) is 41.5 Å². The van der Waals surface area contributed by atoms with E-state index in [1.807, 2.05) is 31.2 Å². The van der Waals surface area contributed by atoms with E-state index in [4.69, 9.17) is 19.6 Å². The quantitative estimate of drug-likeness (QED) is 0.197. The van der Waals surface area contributed by atoms with Gasteiger partial charge in [-0.3, -0.25) is 9.67 Å². The van der Waals surface area contributed by atoms with Crippen molar-refractivity contribution in [1.29, 1.82) is 0 Å². The van der Waals surface area contributed by atoms with Crippen LogP contribution < -0.4 is 4.74 Å². The molecule has 6 nitrogen and oxygen atoms in total. The van der Waals surface area contributed by atoms with Crippen molar-refractivity contribution in [1.82, 2.24) is 9.78 Å². The van der Waals surface area contributed by atoms with E-state index in [2.05, 4.69) is 20.4 Å². The molecule has 37 heavy (non-hydrogen) atoms. The lowest BCUT2D eigenvalue weighted by Crippen LogP contribution is -2.19. The zero-order chi connectivity index (χ0) is 26.7. The molecule has 4 rings (SSSR count). The Labute approximate surface area is 215 Å². The molecule has 1 aromatic heterocycles. The predicted molar refractivity (Wildman–Crippen MR) is 141 cm³/mol. The zero-order valence-corrected chi connectivity index (χ0v) is 21.8. The number of hydrogen-bond donors (Lipinski definition) is 1. The van der Waals surface area contributed by atoms with Crippen LogP contribution in [0.15, 0.2) is 65.0 Å². The van der Waals surface area contributed by atoms with E-state index in [1.165, 1.54) is 19.2 Å². The van der Waals surface area contributed by atoms with Crippen molar-refractivity contribution >= 4 is 16.6 Å². The van der Waals surface area contributed by atoms with Crippen LogP contribution in [0.4, 0.5) is 8.78 Å². The molecule has 1 aliphatic carbocycles. The van der Waals surface area contributed by atoms with Gasteiger partial charge in [0.15, 0.2) is 0 Å². The van der Waals surface area contributed by atoms with Crippen molar-refractivity contribution in [3.8, 4) is 5.75 Å². The van der Waals surface area contributed by atoms with Gasteiger partial charge in [0.2, 0.25) is 0 Å². The number of halogens is 2. The number of aliphatic imine (C=N–C) groups is 1. The minimum absolute atomic E-state index is 0.0398. The third-order valence-electron chi connectivity index (χ3n) is 6.68. The third kappa shape index (κ3) is 5.91. The number of para-hydroxylation sites is 1. The van der Waals surface area contributed by atoms with E-state index in [9.17, 15) is 13.9 Å². The summed E-state index contributed by atoms with van der Waals surface area (Å²) in [6.45, 7) is 10.3. The number of allylic oxidation sites excluding steroid dienone is 2. The Morgan fingerprint density at radius 2 is 1.89 bits per heavy atom. The van der Waals surface area contributed by atoms with E-state index in [0.717, 1.165) is 28.6 Å². The number of aliphatic hydroxyl groups is 1. The molecule has 0 unspecified atom stereocenters. The van der Waals surface area contributed by atoms with Crippen LogP contribution >= 0.6 is 0 Å². The molecule has 1 aliphatic rings. The molecular formula is C29H33F2N3O3. The van der Waals surface area contributed by atoms with Gasteiger partial charge in [-0.2, -0.15) is 5.10 Å². The molecule has 0 amide bonds. The standard InChI is InChI=1S/C29H33F2N3O3/c1-18(32-26-16-29(3,4)11-10-21(26)19(2)35)28-22-8-6-7-9-27(22)34(33-28)17-23-24(30)14-20(15-25(23)31)37-13-12-36-5/h6-9,14-15,35H,2,10-13,16-17H2,1,3-5H3. The number of aliphatic hydroxyl groups excluding tert-OH is 1. The average molecular weight is 510 g/mol. The van der Waals surface area contributed by atoms with Gasteiger partial charge in [-0.25, -0.2) is 8.78 Å². The minimum Gasteiger partial charge on any atom is -0.508 e. The molecule has 0 saturated heterocycles. The Bertz CT molecular complexity index is 1370. The normalized spacial score (nSPS) is 15.9. The molecule has 1 N–H and O–H groups in total. The molecular weight excluding hydrogens is 476 g/mol. The summed E-state index contributed by atoms with van der Waals surface area (Å²) in [5, 5.41) is 15.7. The first-order valence-corrected chi connectivity index (χ1v) is 12.3. The van der Waals surface area contributed by atoms with Crippen LogP contribution in [-0.2, 0) is 11.3 Å². The number of methoxy groups -OCH3 is 1. The molecule has 0 atom stereocenters. The maximum Gasteiger partial charge on any atom is 0.134 e. The fourth-order valence-corrected chi connectivity index (χ4v) is 4.65. The van der Waals surface area contributed by atoms with Crippen LogP contribution in [0.1, 0.15) is 51.3 Å². The summed E-state index contributed by atoms with van der Waals surface area (Å²) in [5.74, 6) is -1.27. The lowest BCUT2D eigenvalue weighted by Gasteiger charge is -2.31. The Morgan fingerprint density at radius 1 is 1.19 bits per heavy atom. The van der Waals surface area contributed by atoms with Gasteiger partial charge in [0.05, 0.1) is 24.4 Å². The lowest BCUT2D eigenvalue weighted by molar-refractivity contribution is 0.146. The number of benzene rings is 2. The predicted octanol–water partition coefficient (Wildman–Crippen LogP) is 6.73. The summed E-state index contributed by atoms with van der Waals surface area (Å²) in [7, 11) is 1.53. The fourth-order valence-electron chi connectivity index (χ4n) is 4.65. The summed E-state index contributed by atoms with van der Waals surface area (Å²) in [6.07, 6.45) is 2.34. The first kappa shape index (κ1) is 26.5. The molecule has 196 valence electrons. The van der Waals surface area contributed by atoms with Crippen molar-refractivity contribution in [2.45, 2.75) is 46.6 Å². The van der Waals surface area contributed by atoms with Crippen LogP contribution in [0.25, 0.3) is 10.9 Å². The van der Waals surface area contributed by atoms with Crippen molar-refractivity contribution in [3.63, 3.8) is 0 Å². The topological polar surface area (TPSA) is 68.9 Å². The largest absolute Gasteiger partial charge is 0.508 e. The Hall–Kier alpha value is -3.52. The number of aromatic nitrogens is 2. The minimum atomic E-state index is -0.709. The van der Waals surface area contributed by atoms with Crippen LogP contribution in [0.3, 0.4) is 0 Å². The number of fused-ring (bicyclic) bond motifs is 1. The summed E-state index contributed by atoms with van der Waals surface area (Å²) in [4.78, 5) is 4.88. The number of ether oxygens (including phenoxy) is 2. The maximum atomic E-state index is 14.9. The third-order valence-corrected chi connectivity index (χ3v) is 6.68. The van der Waals surface area contributed by atoms with Crippen LogP contribution in [-0.4, -0.2) is 40.9 Å². The summed E-state index contributed by atoms with van der Waals surface area (Å²) >= 11 is 0. The molecule has 0 radical (unpaired) electrons. The zero-order valence-electron chi connectivity index (χ0n) is 21.8. The van der Waals surface area contributed by atoms with Gasteiger partial charge < -0.3 is 14.6 Å². The molecule has 0 fully saturated rings. The molecule has 0 aliphatic heterocycles. The Morgan fingerprint density at radius 3 is 2.57 bits per heavy atom. The van der Waals surface area contributed by atoms with Crippen molar-refractivity contribution in [2.24, 2.45) is 10.4 Å². The molecule has 3 aromatic rings. The van der Waals surface area contributed by atoms with E-state index in [0.29, 0.717) is 30.9 Å². The van der Waals surface area contributed by atoms with Crippen molar-refractivity contribution in [2.75, 3.05) is 20.3 Å². The van der Waals surface area contributed by atoms with E-state index in [1.54, 1.807) is 4.68 Å². The Kier molecular flexibility index (Phi) is 7.78. The lowest BCUT2D eigenvalue weighted by atomic mass is 9.76. The molecule has 0 saturated carbocycles. The van der Waals surface area contributed by atoms with Gasteiger partial charge in [-0.15, -0.1) is 0 Å². The van der Waals surface area contributed by atoms with Gasteiger partial charge in [-0.1, -0.05) is 38.6 Å². The maximum absolute atomic E-state index is 14.9. The van der Waals surface area contributed by atoms with Gasteiger partial charge in [0.1, 0.15) is 35.4 Å². The second-order valence-corrected chi connectivity index (χ2v) is 10.1. The van der Waals surface area contributed by atoms with E-state index < -0.39 is 11.6 Å². The number of nitrogens with zero attached hydrogens (tertiary/aromatic N) is 3. The van der Waals surface area contributed by atoms with Crippen LogP contribution in [0, 0.1) is 17.0 Å². The molecule has 1 heterocycles. The summed E-state index contributed by atoms with van der Waals surface area (Å²) < 4.78 is 41.7. The smallest absolute Gasteiger partial charge is 0.134 e. The second kappa shape index (κ2) is 10.8. The highest BCUT2D eigenvalue weighted by molar-refractivity contribution is 6.08. The van der Waals surface area contributed by atoms with Crippen molar-refractivity contribution in [3.05, 3.63) is 82.9 Å². The first-order valence-electron chi connectivity index (χ1n) is 12.3. The molecule has 0 bridgehead atoms. The van der Waals surface area contributed by atoms with Gasteiger partial charge in [0.25, 0.3) is 0 Å². The molecule has 0 spiro atoms. The molecule has 8 heteroatoms. The number of rotatable bonds is 9. The second-order valence-electron chi connectivity index (χ2n) is 10.1. The monoisotopic (exact) mass is 509 g/mol. The average Bonchev–Trinajstić information content (AvgIpc) is 3.19. The summed E-state index contributed by atoms with van der Waals surface area (Å²) in [5.41, 5.74) is 3.51. The van der Waals surface area contributed by atoms with Crippen LogP contribution in [0.2, 0.25) is 0 Å². The van der Waals surface area contributed by atoms with E-state index >= 15 is 0 Å². The Balaban J connectivity index is 1.71.